The molecule has 0 saturated carbocycles. The van der Waals surface area contributed by atoms with E-state index in [1.807, 2.05) is 38.2 Å². The van der Waals surface area contributed by atoms with E-state index in [-0.39, 0.29) is 5.41 Å². The minimum Gasteiger partial charge on any atom is -0.0987 e. The third-order valence-electron chi connectivity index (χ3n) is 4.12. The lowest BCUT2D eigenvalue weighted by molar-refractivity contribution is 0.579. The van der Waals surface area contributed by atoms with Crippen LogP contribution in [0.3, 0.4) is 0 Å². The zero-order valence-electron chi connectivity index (χ0n) is 15.0. The van der Waals surface area contributed by atoms with Gasteiger partial charge in [0.1, 0.15) is 0 Å². The van der Waals surface area contributed by atoms with Gasteiger partial charge >= 0.3 is 0 Å². The van der Waals surface area contributed by atoms with Crippen molar-refractivity contribution in [2.24, 2.45) is 5.41 Å². The van der Waals surface area contributed by atoms with Gasteiger partial charge in [0.25, 0.3) is 0 Å². The third-order valence-corrected chi connectivity index (χ3v) is 4.12. The Morgan fingerprint density at radius 3 is 2.13 bits per heavy atom. The summed E-state index contributed by atoms with van der Waals surface area (Å²) in [6, 6.07) is 0. The van der Waals surface area contributed by atoms with Crippen molar-refractivity contribution in [3.05, 3.63) is 108 Å². The van der Waals surface area contributed by atoms with E-state index in [1.54, 1.807) is 0 Å². The largest absolute Gasteiger partial charge is 0.0987 e. The van der Waals surface area contributed by atoms with Crippen molar-refractivity contribution in [1.82, 2.24) is 0 Å². The SMILES string of the molecule is C=CC1=C(/C=C\C)C(=C)/C(=C\C(=C)C(=C)/C=C\C(=C)C)C1(C)C. The second-order valence-electron chi connectivity index (χ2n) is 6.42. The highest BCUT2D eigenvalue weighted by atomic mass is 14.4. The first-order valence-corrected chi connectivity index (χ1v) is 7.80. The molecule has 23 heavy (non-hydrogen) atoms. The Morgan fingerprint density at radius 2 is 1.65 bits per heavy atom. The van der Waals surface area contributed by atoms with Crippen molar-refractivity contribution >= 4 is 0 Å². The van der Waals surface area contributed by atoms with Gasteiger partial charge in [0.05, 0.1) is 0 Å². The van der Waals surface area contributed by atoms with Crippen LogP contribution in [0.25, 0.3) is 0 Å². The molecule has 1 aliphatic carbocycles. The normalized spacial score (nSPS) is 19.1. The monoisotopic (exact) mass is 304 g/mol. The van der Waals surface area contributed by atoms with Crippen molar-refractivity contribution < 1.29 is 0 Å². The Balaban J connectivity index is 3.27. The molecule has 0 spiro atoms. The molecule has 0 unspecified atom stereocenters. The van der Waals surface area contributed by atoms with E-state index in [2.05, 4.69) is 58.9 Å². The summed E-state index contributed by atoms with van der Waals surface area (Å²) < 4.78 is 0. The Kier molecular flexibility index (Phi) is 5.92. The summed E-state index contributed by atoms with van der Waals surface area (Å²) in [5.74, 6) is 0. The van der Waals surface area contributed by atoms with Crippen molar-refractivity contribution in [2.45, 2.75) is 27.7 Å². The predicted molar refractivity (Wildman–Crippen MR) is 105 cm³/mol. The number of hydrogen-bond acceptors (Lipinski definition) is 0. The summed E-state index contributed by atoms with van der Waals surface area (Å²) in [6.45, 7) is 28.7. The average Bonchev–Trinajstić information content (AvgIpc) is 2.65. The van der Waals surface area contributed by atoms with Crippen LogP contribution >= 0.6 is 0 Å². The second kappa shape index (κ2) is 7.28. The van der Waals surface area contributed by atoms with Crippen LogP contribution in [0.1, 0.15) is 27.7 Å². The van der Waals surface area contributed by atoms with Gasteiger partial charge in [-0.1, -0.05) is 88.8 Å². The fraction of sp³-hybridized carbons (Fsp3) is 0.217. The first-order valence-electron chi connectivity index (χ1n) is 7.80. The summed E-state index contributed by atoms with van der Waals surface area (Å²) in [6.07, 6.45) is 12.0. The van der Waals surface area contributed by atoms with Crippen LogP contribution in [0.5, 0.6) is 0 Å². The fourth-order valence-corrected chi connectivity index (χ4v) is 2.77. The zero-order valence-corrected chi connectivity index (χ0v) is 15.0. The smallest absolute Gasteiger partial charge is 0.0158 e. The number of allylic oxidation sites excluding steroid dienone is 13. The summed E-state index contributed by atoms with van der Waals surface area (Å²) in [5.41, 5.74) is 7.15. The Morgan fingerprint density at radius 1 is 1.04 bits per heavy atom. The van der Waals surface area contributed by atoms with Gasteiger partial charge in [-0.25, -0.2) is 0 Å². The van der Waals surface area contributed by atoms with Gasteiger partial charge in [-0.15, -0.1) is 0 Å². The number of rotatable bonds is 6. The maximum absolute atomic E-state index is 4.29. The lowest BCUT2D eigenvalue weighted by Crippen LogP contribution is -2.12. The topological polar surface area (TPSA) is 0 Å². The van der Waals surface area contributed by atoms with Gasteiger partial charge in [-0.3, -0.25) is 0 Å². The maximum atomic E-state index is 4.29. The minimum absolute atomic E-state index is 0.144. The van der Waals surface area contributed by atoms with Crippen LogP contribution in [0, 0.1) is 5.41 Å². The van der Waals surface area contributed by atoms with E-state index in [9.17, 15) is 0 Å². The van der Waals surface area contributed by atoms with Crippen molar-refractivity contribution in [3.8, 4) is 0 Å². The summed E-state index contributed by atoms with van der Waals surface area (Å²) in [7, 11) is 0. The maximum Gasteiger partial charge on any atom is 0.0158 e. The molecule has 0 nitrogen and oxygen atoms in total. The van der Waals surface area contributed by atoms with E-state index in [0.29, 0.717) is 0 Å². The highest BCUT2D eigenvalue weighted by molar-refractivity contribution is 5.68. The lowest BCUT2D eigenvalue weighted by atomic mass is 9.80. The first-order chi connectivity index (χ1) is 10.7. The summed E-state index contributed by atoms with van der Waals surface area (Å²) >= 11 is 0. The molecule has 1 aliphatic rings. The molecule has 0 aromatic carbocycles. The molecule has 1 rings (SSSR count). The molecule has 0 amide bonds. The average molecular weight is 304 g/mol. The highest BCUT2D eigenvalue weighted by Crippen LogP contribution is 2.50. The molecule has 0 radical (unpaired) electrons. The van der Waals surface area contributed by atoms with Gasteiger partial charge in [0, 0.05) is 5.41 Å². The zero-order chi connectivity index (χ0) is 17.8. The van der Waals surface area contributed by atoms with E-state index in [1.165, 1.54) is 5.57 Å². The Labute approximate surface area is 142 Å². The molecule has 0 aromatic rings. The lowest BCUT2D eigenvalue weighted by Gasteiger charge is -2.24. The molecule has 0 heteroatoms. The van der Waals surface area contributed by atoms with Crippen LogP contribution < -0.4 is 0 Å². The molecular weight excluding hydrogens is 276 g/mol. The quantitative estimate of drug-likeness (QED) is 0.473. The van der Waals surface area contributed by atoms with Crippen LogP contribution in [0.4, 0.5) is 0 Å². The van der Waals surface area contributed by atoms with Crippen molar-refractivity contribution in [2.75, 3.05) is 0 Å². The van der Waals surface area contributed by atoms with Gasteiger partial charge < -0.3 is 0 Å². The molecule has 0 heterocycles. The van der Waals surface area contributed by atoms with Crippen LogP contribution in [-0.4, -0.2) is 0 Å². The molecule has 0 N–H and O–H groups in total. The van der Waals surface area contributed by atoms with Crippen molar-refractivity contribution in [1.29, 1.82) is 0 Å². The van der Waals surface area contributed by atoms with E-state index in [4.69, 9.17) is 0 Å². The van der Waals surface area contributed by atoms with E-state index < -0.39 is 0 Å². The standard InChI is InChI=1S/C23H28/c1-10-12-20-19(7)22(23(8,9)21(20)11-2)15-18(6)17(5)14-13-16(3)4/h10-15H,2-3,5-7H2,1,4,8-9H3/b12-10-,14-13-,22-15+. The molecule has 0 bridgehead atoms. The van der Waals surface area contributed by atoms with E-state index >= 15 is 0 Å². The molecule has 0 saturated heterocycles. The molecule has 0 aliphatic heterocycles. The first kappa shape index (κ1) is 18.7. The van der Waals surface area contributed by atoms with Crippen LogP contribution in [-0.2, 0) is 0 Å². The second-order valence-corrected chi connectivity index (χ2v) is 6.42. The van der Waals surface area contributed by atoms with Crippen LogP contribution in [0.2, 0.25) is 0 Å². The Hall–Kier alpha value is -2.34. The summed E-state index contributed by atoms with van der Waals surface area (Å²) in [5, 5.41) is 0. The molecular formula is C23H28. The fourth-order valence-electron chi connectivity index (χ4n) is 2.77. The van der Waals surface area contributed by atoms with Crippen LogP contribution in [0.15, 0.2) is 108 Å². The Bertz CT molecular complexity index is 694. The molecule has 0 atom stereocenters. The molecule has 0 fully saturated rings. The van der Waals surface area contributed by atoms with E-state index in [0.717, 1.165) is 33.4 Å². The molecule has 0 aromatic heterocycles. The van der Waals surface area contributed by atoms with Gasteiger partial charge in [-0.05, 0) is 47.3 Å². The van der Waals surface area contributed by atoms with Crippen molar-refractivity contribution in [3.63, 3.8) is 0 Å². The van der Waals surface area contributed by atoms with Gasteiger partial charge in [0.2, 0.25) is 0 Å². The summed E-state index contributed by atoms with van der Waals surface area (Å²) in [4.78, 5) is 0. The predicted octanol–water partition coefficient (Wildman–Crippen LogP) is 6.81. The van der Waals surface area contributed by atoms with Gasteiger partial charge in [-0.2, -0.15) is 0 Å². The number of hydrogen-bond donors (Lipinski definition) is 0. The van der Waals surface area contributed by atoms with Gasteiger partial charge in [0.15, 0.2) is 0 Å². The minimum atomic E-state index is -0.144. The molecule has 120 valence electrons. The third kappa shape index (κ3) is 3.90. The highest BCUT2D eigenvalue weighted by Gasteiger charge is 2.37.